The highest BCUT2D eigenvalue weighted by molar-refractivity contribution is 5.89. The van der Waals surface area contributed by atoms with Gasteiger partial charge in [0.15, 0.2) is 25.2 Å². The molecule has 4 aliphatic heterocycles. The minimum absolute atomic E-state index is 0.0872. The number of Topliss-reactive ketones (excluding diaryl/α,β-unsaturated/α-hetero) is 1. The molecule has 0 radical (unpaired) electrons. The van der Waals surface area contributed by atoms with Crippen molar-refractivity contribution < 1.29 is 91.6 Å². The Morgan fingerprint density at radius 3 is 1.72 bits per heavy atom. The lowest BCUT2D eigenvalue weighted by atomic mass is 9.43. The van der Waals surface area contributed by atoms with Crippen molar-refractivity contribution in [2.75, 3.05) is 28.4 Å². The number of methoxy groups -OCH3 is 4. The number of hydrogen-bond donors (Lipinski definition) is 4. The summed E-state index contributed by atoms with van der Waals surface area (Å²) in [4.78, 5) is 27.0. The molecule has 0 bridgehead atoms. The van der Waals surface area contributed by atoms with Gasteiger partial charge in [0, 0.05) is 65.0 Å². The second-order valence-corrected chi connectivity index (χ2v) is 23.2. The van der Waals surface area contributed by atoms with Gasteiger partial charge in [-0.3, -0.25) is 4.79 Å². The number of rotatable bonds is 15. The average molecular weight is 1060 g/mol. The Labute approximate surface area is 441 Å². The molecule has 3 saturated carbocycles. The fourth-order valence-corrected chi connectivity index (χ4v) is 15.0. The fraction of sp³-hybridized carbons (Fsp3) is 0.821. The van der Waals surface area contributed by atoms with E-state index in [1.54, 1.807) is 52.5 Å². The summed E-state index contributed by atoms with van der Waals surface area (Å²) in [6.45, 7) is 12.9. The Balaban J connectivity index is 0.804. The van der Waals surface area contributed by atoms with Crippen LogP contribution >= 0.6 is 0 Å². The molecule has 19 heteroatoms. The summed E-state index contributed by atoms with van der Waals surface area (Å²) in [5, 5.41) is 47.3. The molecule has 0 unspecified atom stereocenters. The SMILES string of the molecule is CO[C@H]1[C@H](O)[C@@H](O[C@H]2[C@H](C)O[C@H](O[C@H]3[C@H](C)O[C@H](O[C@H]4[C@H](C)O[C@H](O[C@H]5CC[C@@]6(C)C(=CC[C@]7(O)[C@@H]6C[C@@H](OC(=O)c6ccccc6)[C@]6(C)[C@H](C(C)=O)CC[C@@]67O)C5)C[C@@H]4OC)C[C@@H]3OC)C[C@@H]2OC)O[C@@H](C)[C@@H]1O. The Morgan fingerprint density at radius 1 is 0.640 bits per heavy atom. The van der Waals surface area contributed by atoms with Gasteiger partial charge in [0.25, 0.3) is 0 Å². The van der Waals surface area contributed by atoms with Crippen LogP contribution in [0.25, 0.3) is 0 Å². The average Bonchev–Trinajstić information content (AvgIpc) is 3.69. The van der Waals surface area contributed by atoms with Crippen molar-refractivity contribution in [2.45, 2.75) is 241 Å². The minimum atomic E-state index is -1.68. The molecule has 8 aliphatic rings. The largest absolute Gasteiger partial charge is 0.458 e. The number of benzene rings is 1. The maximum Gasteiger partial charge on any atom is 0.338 e. The molecular weight excluding hydrogens is 977 g/mol. The Morgan fingerprint density at radius 2 is 1.19 bits per heavy atom. The quantitative estimate of drug-likeness (QED) is 0.138. The number of aliphatic hydroxyl groups excluding tert-OH is 2. The molecule has 1 aromatic rings. The number of esters is 1. The van der Waals surface area contributed by atoms with Crippen molar-refractivity contribution in [1.82, 2.24) is 0 Å². The van der Waals surface area contributed by atoms with Crippen molar-refractivity contribution >= 4 is 11.8 Å². The third kappa shape index (κ3) is 10.2. The molecule has 4 saturated heterocycles. The lowest BCUT2D eigenvalue weighted by Gasteiger charge is -2.66. The fourth-order valence-electron chi connectivity index (χ4n) is 15.0. The third-order valence-corrected chi connectivity index (χ3v) is 19.2. The first-order valence-electron chi connectivity index (χ1n) is 27.3. The number of aliphatic hydroxyl groups is 4. The first-order chi connectivity index (χ1) is 35.6. The zero-order chi connectivity index (χ0) is 53.9. The van der Waals surface area contributed by atoms with E-state index in [9.17, 15) is 30.0 Å². The van der Waals surface area contributed by atoms with Crippen LogP contribution in [0.15, 0.2) is 42.0 Å². The second kappa shape index (κ2) is 22.5. The summed E-state index contributed by atoms with van der Waals surface area (Å²) < 4.78 is 81.2. The van der Waals surface area contributed by atoms with Crippen molar-refractivity contribution in [3.63, 3.8) is 0 Å². The van der Waals surface area contributed by atoms with Crippen LogP contribution in [0.5, 0.6) is 0 Å². The van der Waals surface area contributed by atoms with E-state index >= 15 is 0 Å². The molecule has 0 spiro atoms. The molecular formula is C56H84O19. The molecule has 4 aliphatic carbocycles. The van der Waals surface area contributed by atoms with Crippen LogP contribution in [0, 0.1) is 22.7 Å². The smallest absolute Gasteiger partial charge is 0.338 e. The first kappa shape index (κ1) is 57.2. The number of fused-ring (bicyclic) bond motifs is 5. The molecule has 9 rings (SSSR count). The molecule has 0 amide bonds. The van der Waals surface area contributed by atoms with E-state index in [1.165, 1.54) is 14.0 Å². The van der Waals surface area contributed by atoms with E-state index in [2.05, 4.69) is 13.0 Å². The van der Waals surface area contributed by atoms with Gasteiger partial charge in [-0.25, -0.2) is 4.79 Å². The number of ether oxygens (including phenoxy) is 13. The van der Waals surface area contributed by atoms with Crippen LogP contribution in [-0.2, 0) is 66.4 Å². The lowest BCUT2D eigenvalue weighted by Crippen LogP contribution is -2.75. The van der Waals surface area contributed by atoms with Gasteiger partial charge in [0.1, 0.15) is 59.7 Å². The maximum atomic E-state index is 13.7. The highest BCUT2D eigenvalue weighted by Gasteiger charge is 2.77. The van der Waals surface area contributed by atoms with Crippen molar-refractivity contribution in [1.29, 1.82) is 0 Å². The van der Waals surface area contributed by atoms with Gasteiger partial charge in [-0.05, 0) is 97.1 Å². The van der Waals surface area contributed by atoms with Gasteiger partial charge >= 0.3 is 5.97 Å². The van der Waals surface area contributed by atoms with Gasteiger partial charge in [0.2, 0.25) is 0 Å². The van der Waals surface area contributed by atoms with Gasteiger partial charge in [-0.15, -0.1) is 0 Å². The van der Waals surface area contributed by atoms with Gasteiger partial charge < -0.3 is 82.0 Å². The monoisotopic (exact) mass is 1060 g/mol. The molecule has 4 heterocycles. The number of ketones is 1. The number of hydrogen-bond acceptors (Lipinski definition) is 19. The van der Waals surface area contributed by atoms with Gasteiger partial charge in [-0.1, -0.05) is 43.7 Å². The predicted molar refractivity (Wildman–Crippen MR) is 266 cm³/mol. The van der Waals surface area contributed by atoms with E-state index in [1.807, 2.05) is 33.8 Å². The molecule has 25 atom stereocenters. The summed E-state index contributed by atoms with van der Waals surface area (Å²) >= 11 is 0. The summed E-state index contributed by atoms with van der Waals surface area (Å²) in [6.07, 6.45) is -6.10. The van der Waals surface area contributed by atoms with Crippen molar-refractivity contribution in [3.05, 3.63) is 47.5 Å². The van der Waals surface area contributed by atoms with Crippen LogP contribution in [0.2, 0.25) is 0 Å². The molecule has 422 valence electrons. The van der Waals surface area contributed by atoms with Crippen LogP contribution in [0.3, 0.4) is 0 Å². The summed E-state index contributed by atoms with van der Waals surface area (Å²) in [5.74, 6) is -1.65. The highest BCUT2D eigenvalue weighted by atomic mass is 16.8. The molecule has 4 N–H and O–H groups in total. The molecule has 1 aromatic carbocycles. The van der Waals surface area contributed by atoms with E-state index in [-0.39, 0.29) is 24.7 Å². The molecule has 19 nitrogen and oxygen atoms in total. The lowest BCUT2D eigenvalue weighted by molar-refractivity contribution is -0.355. The predicted octanol–water partition coefficient (Wildman–Crippen LogP) is 4.69. The maximum absolute atomic E-state index is 13.7. The Bertz CT molecular complexity index is 2170. The molecule has 7 fully saturated rings. The zero-order valence-electron chi connectivity index (χ0n) is 45.6. The normalized spacial score (nSPS) is 48.9. The topological polar surface area (TPSA) is 235 Å². The minimum Gasteiger partial charge on any atom is -0.458 e. The highest BCUT2D eigenvalue weighted by Crippen LogP contribution is 2.70. The van der Waals surface area contributed by atoms with E-state index in [0.717, 1.165) is 5.57 Å². The zero-order valence-corrected chi connectivity index (χ0v) is 45.6. The first-order valence-corrected chi connectivity index (χ1v) is 27.3. The standard InChI is InChI=1S/C56H84O19/c1-28(57)36-19-22-56(62)54(36,7)41(72-51(60)33-15-13-12-14-16-33)27-40-53(6)20-18-35(23-34(53)17-21-55(40,56)61)71-42-24-37(63-8)47(30(3)67-42)73-43-25-38(64-9)48(31(4)68-43)74-44-26-39(65-10)49(32(5)69-44)75-52-46(59)50(66-11)45(58)29(2)70-52/h12-17,29-32,35-50,52,58-59,61-62H,18-27H2,1-11H3/t29-,30-,31-,32-,35-,36-,37-,38-,39-,40+,41+,42+,43+,44+,45-,46-,47-,48-,49-,50+,52+,53-,54-,55-,56+/m0/s1. The van der Waals surface area contributed by atoms with E-state index < -0.39 is 150 Å². The summed E-state index contributed by atoms with van der Waals surface area (Å²) in [5.41, 5.74) is -3.46. The van der Waals surface area contributed by atoms with Gasteiger partial charge in [0.05, 0.1) is 54.4 Å². The second-order valence-electron chi connectivity index (χ2n) is 23.2. The summed E-state index contributed by atoms with van der Waals surface area (Å²) in [7, 11) is 6.27. The van der Waals surface area contributed by atoms with E-state index in [0.29, 0.717) is 56.9 Å². The molecule has 0 aromatic heterocycles. The van der Waals surface area contributed by atoms with Crippen LogP contribution in [-0.4, -0.2) is 189 Å². The summed E-state index contributed by atoms with van der Waals surface area (Å²) in [6, 6.07) is 8.76. The number of carbonyl (C=O) groups excluding carboxylic acids is 2. The van der Waals surface area contributed by atoms with Crippen LogP contribution in [0.4, 0.5) is 0 Å². The third-order valence-electron chi connectivity index (χ3n) is 19.2. The Kier molecular flexibility index (Phi) is 17.2. The molecule has 75 heavy (non-hydrogen) atoms. The van der Waals surface area contributed by atoms with Crippen molar-refractivity contribution in [3.8, 4) is 0 Å². The van der Waals surface area contributed by atoms with Crippen LogP contribution in [0.1, 0.15) is 123 Å². The van der Waals surface area contributed by atoms with Crippen molar-refractivity contribution in [2.24, 2.45) is 22.7 Å². The van der Waals surface area contributed by atoms with Gasteiger partial charge in [-0.2, -0.15) is 0 Å². The Hall–Kier alpha value is -2.54. The number of carbonyl (C=O) groups is 2. The van der Waals surface area contributed by atoms with Crippen LogP contribution < -0.4 is 0 Å². The van der Waals surface area contributed by atoms with E-state index in [4.69, 9.17) is 61.6 Å².